The Bertz CT molecular complexity index is 669. The summed E-state index contributed by atoms with van der Waals surface area (Å²) in [4.78, 5) is 0. The molecule has 5 N–H and O–H groups in total. The Morgan fingerprint density at radius 1 is 0.571 bits per heavy atom. The quantitative estimate of drug-likeness (QED) is 0.311. The van der Waals surface area contributed by atoms with Crippen molar-refractivity contribution in [3.8, 4) is 0 Å². The van der Waals surface area contributed by atoms with Crippen molar-refractivity contribution in [3.63, 3.8) is 0 Å². The molecule has 0 amide bonds. The van der Waals surface area contributed by atoms with E-state index in [1.54, 1.807) is 0 Å². The zero-order valence-electron chi connectivity index (χ0n) is 15.5. The summed E-state index contributed by atoms with van der Waals surface area (Å²) in [6.45, 7) is -1.21. The predicted octanol–water partition coefficient (Wildman–Crippen LogP) is 1.10. The molecule has 0 spiro atoms. The number of aliphatic hydroxyl groups is 3. The molecule has 3 aromatic carbocycles. The number of rotatable bonds is 6. The van der Waals surface area contributed by atoms with Gasteiger partial charge in [0.05, 0.1) is 25.4 Å². The van der Waals surface area contributed by atoms with E-state index in [9.17, 15) is 0 Å². The van der Waals surface area contributed by atoms with E-state index in [1.165, 1.54) is 15.9 Å². The van der Waals surface area contributed by atoms with Crippen molar-refractivity contribution in [3.05, 3.63) is 91.0 Å². The van der Waals surface area contributed by atoms with Crippen LogP contribution >= 0.6 is 7.92 Å². The zero-order valence-corrected chi connectivity index (χ0v) is 18.0. The second-order valence-electron chi connectivity index (χ2n) is 6.18. The van der Waals surface area contributed by atoms with Crippen molar-refractivity contribution in [1.29, 1.82) is 0 Å². The van der Waals surface area contributed by atoms with Crippen molar-refractivity contribution in [2.45, 2.75) is 5.54 Å². The molecule has 0 aliphatic heterocycles. The Hall–Kier alpha value is -1.45. The van der Waals surface area contributed by atoms with E-state index < -0.39 is 33.3 Å². The van der Waals surface area contributed by atoms with Gasteiger partial charge in [0.15, 0.2) is 0 Å². The summed E-state index contributed by atoms with van der Waals surface area (Å²) in [6.07, 6.45) is 0. The van der Waals surface area contributed by atoms with Crippen molar-refractivity contribution < 1.29 is 34.8 Å². The average molecular weight is 486 g/mol. The first-order valence-electron chi connectivity index (χ1n) is 8.70. The van der Waals surface area contributed by atoms with Gasteiger partial charge in [0.1, 0.15) is 0 Å². The molecule has 0 atom stereocenters. The number of nitrogens with two attached hydrogens (primary N) is 1. The first-order valence-corrected chi connectivity index (χ1v) is 10.0. The van der Waals surface area contributed by atoms with Crippen LogP contribution < -0.4 is 21.6 Å². The fourth-order valence-corrected chi connectivity index (χ4v) is 4.63. The maximum absolute atomic E-state index is 8.34. The molecule has 0 aliphatic carbocycles. The zero-order chi connectivity index (χ0) is 19.5. The summed E-state index contributed by atoms with van der Waals surface area (Å²) >= 11 is 0. The molecule has 28 heavy (non-hydrogen) atoms. The Morgan fingerprint density at radius 2 is 0.821 bits per heavy atom. The van der Waals surface area contributed by atoms with E-state index >= 15 is 0 Å². The molecule has 0 saturated heterocycles. The third-order valence-electron chi connectivity index (χ3n) is 3.99. The molecular formula is C22H26NO3PRh. The molecule has 6 heteroatoms. The first kappa shape index (κ1) is 24.6. The molecule has 0 saturated carbocycles. The van der Waals surface area contributed by atoms with E-state index in [2.05, 4.69) is 91.0 Å². The summed E-state index contributed by atoms with van der Waals surface area (Å²) < 4.78 is 0. The van der Waals surface area contributed by atoms with Gasteiger partial charge in [-0.2, -0.15) is 0 Å². The van der Waals surface area contributed by atoms with Crippen molar-refractivity contribution >= 4 is 23.8 Å². The Balaban J connectivity index is 0.000000376. The third-order valence-corrected chi connectivity index (χ3v) is 6.43. The molecule has 4 nitrogen and oxygen atoms in total. The standard InChI is InChI=1S/C18H15P.C4H11NO3.Rh/c1-4-10-16(11-5-1)19(17-12-6-2-7-13-17)18-14-8-3-9-15-18;5-4(1-6,2-7)3-8;/h1-15H;6-8H,1-3,5H2;. The molecule has 0 unspecified atom stereocenters. The van der Waals surface area contributed by atoms with Crippen LogP contribution in [0.4, 0.5) is 0 Å². The van der Waals surface area contributed by atoms with E-state index in [-0.39, 0.29) is 19.5 Å². The summed E-state index contributed by atoms with van der Waals surface area (Å²) in [5.74, 6) is 0. The van der Waals surface area contributed by atoms with Crippen LogP contribution in [0.1, 0.15) is 0 Å². The van der Waals surface area contributed by atoms with Crippen molar-refractivity contribution in [2.24, 2.45) is 5.73 Å². The molecule has 3 rings (SSSR count). The minimum atomic E-state index is -1.21. The molecule has 3 aromatic rings. The number of hydrogen-bond donors (Lipinski definition) is 4. The van der Waals surface area contributed by atoms with Crippen LogP contribution in [0.25, 0.3) is 0 Å². The van der Waals surface area contributed by atoms with Crippen LogP contribution in [-0.4, -0.2) is 40.7 Å². The van der Waals surface area contributed by atoms with Gasteiger partial charge in [-0.25, -0.2) is 0 Å². The molecule has 1 radical (unpaired) electrons. The Kier molecular flexibility index (Phi) is 11.3. The molecule has 151 valence electrons. The monoisotopic (exact) mass is 486 g/mol. The largest absolute Gasteiger partial charge is 0.394 e. The van der Waals surface area contributed by atoms with Gasteiger partial charge < -0.3 is 21.1 Å². The molecule has 0 fully saturated rings. The van der Waals surface area contributed by atoms with E-state index in [0.29, 0.717) is 0 Å². The van der Waals surface area contributed by atoms with Gasteiger partial charge in [-0.05, 0) is 23.8 Å². The average Bonchev–Trinajstić information content (AvgIpc) is 2.76. The molecule has 0 aliphatic rings. The maximum atomic E-state index is 8.34. The SMILES string of the molecule is NC(CO)(CO)CO.[Rh].c1ccc(P(c2ccccc2)c2ccccc2)cc1. The summed E-state index contributed by atoms with van der Waals surface area (Å²) in [6, 6.07) is 32.3. The van der Waals surface area contributed by atoms with Gasteiger partial charge >= 0.3 is 0 Å². The number of hydrogen-bond acceptors (Lipinski definition) is 4. The molecule has 0 bridgehead atoms. The minimum absolute atomic E-state index is 0. The van der Waals surface area contributed by atoms with E-state index in [0.717, 1.165) is 0 Å². The van der Waals surface area contributed by atoms with Crippen LogP contribution in [0.2, 0.25) is 0 Å². The van der Waals surface area contributed by atoms with Gasteiger partial charge in [0.25, 0.3) is 0 Å². The van der Waals surface area contributed by atoms with E-state index in [4.69, 9.17) is 21.1 Å². The second-order valence-corrected chi connectivity index (χ2v) is 8.40. The van der Waals surface area contributed by atoms with Crippen LogP contribution in [0, 0.1) is 0 Å². The van der Waals surface area contributed by atoms with Gasteiger partial charge in [0.2, 0.25) is 0 Å². The normalized spacial score (nSPS) is 10.6. The van der Waals surface area contributed by atoms with Crippen LogP contribution in [0.5, 0.6) is 0 Å². The van der Waals surface area contributed by atoms with Gasteiger partial charge in [-0.3, -0.25) is 0 Å². The summed E-state index contributed by atoms with van der Waals surface area (Å²) in [5, 5.41) is 29.2. The second kappa shape index (κ2) is 12.9. The van der Waals surface area contributed by atoms with Crippen LogP contribution in [0.3, 0.4) is 0 Å². The first-order chi connectivity index (χ1) is 13.1. The van der Waals surface area contributed by atoms with Gasteiger partial charge in [-0.1, -0.05) is 91.0 Å². The van der Waals surface area contributed by atoms with Crippen molar-refractivity contribution in [2.75, 3.05) is 19.8 Å². The van der Waals surface area contributed by atoms with Crippen LogP contribution in [-0.2, 0) is 19.5 Å². The smallest absolute Gasteiger partial charge is 0.0856 e. The molecule has 0 aromatic heterocycles. The number of benzene rings is 3. The van der Waals surface area contributed by atoms with Gasteiger partial charge in [-0.15, -0.1) is 0 Å². The topological polar surface area (TPSA) is 86.7 Å². The number of aliphatic hydroxyl groups excluding tert-OH is 3. The third kappa shape index (κ3) is 7.18. The fraction of sp³-hybridized carbons (Fsp3) is 0.182. The van der Waals surface area contributed by atoms with Crippen LogP contribution in [0.15, 0.2) is 91.0 Å². The maximum Gasteiger partial charge on any atom is 0.0856 e. The summed E-state index contributed by atoms with van der Waals surface area (Å²) in [5.41, 5.74) is 3.94. The Labute approximate surface area is 180 Å². The predicted molar refractivity (Wildman–Crippen MR) is 113 cm³/mol. The van der Waals surface area contributed by atoms with Crippen molar-refractivity contribution in [1.82, 2.24) is 0 Å². The van der Waals surface area contributed by atoms with Gasteiger partial charge in [0, 0.05) is 19.5 Å². The van der Waals surface area contributed by atoms with E-state index in [1.807, 2.05) is 0 Å². The Morgan fingerprint density at radius 3 is 1.00 bits per heavy atom. The summed E-state index contributed by atoms with van der Waals surface area (Å²) in [7, 11) is -0.446. The fourth-order valence-electron chi connectivity index (χ4n) is 2.33. The minimum Gasteiger partial charge on any atom is -0.394 e. The molecular weight excluding hydrogens is 460 g/mol. The molecule has 0 heterocycles.